The molecule has 1 aromatic heterocycles. The van der Waals surface area contributed by atoms with Crippen LogP contribution in [0.25, 0.3) is 0 Å². The summed E-state index contributed by atoms with van der Waals surface area (Å²) >= 11 is 1.61. The van der Waals surface area contributed by atoms with Crippen molar-refractivity contribution < 1.29 is 9.59 Å². The van der Waals surface area contributed by atoms with Crippen molar-refractivity contribution in [1.29, 1.82) is 0 Å². The molecule has 5 heteroatoms. The summed E-state index contributed by atoms with van der Waals surface area (Å²) in [6.07, 6.45) is 0.875. The monoisotopic (exact) mass is 280 g/mol. The van der Waals surface area contributed by atoms with E-state index in [1.54, 1.807) is 23.2 Å². The van der Waals surface area contributed by atoms with Crippen LogP contribution in [0.3, 0.4) is 0 Å². The van der Waals surface area contributed by atoms with Gasteiger partial charge in [0.15, 0.2) is 0 Å². The van der Waals surface area contributed by atoms with Crippen LogP contribution < -0.4 is 5.32 Å². The van der Waals surface area contributed by atoms with Gasteiger partial charge < -0.3 is 10.2 Å². The Morgan fingerprint density at radius 1 is 1.47 bits per heavy atom. The van der Waals surface area contributed by atoms with Crippen molar-refractivity contribution in [3.63, 3.8) is 0 Å². The van der Waals surface area contributed by atoms with E-state index < -0.39 is 6.04 Å². The predicted molar refractivity (Wildman–Crippen MR) is 75.7 cm³/mol. The minimum atomic E-state index is -0.425. The number of nitrogens with one attached hydrogen (secondary N) is 1. The molecule has 2 rings (SSSR count). The summed E-state index contributed by atoms with van der Waals surface area (Å²) in [5.74, 6) is 0.142. The maximum atomic E-state index is 12.3. The molecule has 2 amide bonds. The third-order valence-corrected chi connectivity index (χ3v) is 4.46. The van der Waals surface area contributed by atoms with E-state index >= 15 is 0 Å². The van der Waals surface area contributed by atoms with Crippen LogP contribution in [0.2, 0.25) is 0 Å². The van der Waals surface area contributed by atoms with E-state index in [2.05, 4.69) is 5.32 Å². The van der Waals surface area contributed by atoms with Gasteiger partial charge >= 0.3 is 0 Å². The highest BCUT2D eigenvalue weighted by molar-refractivity contribution is 7.07. The largest absolute Gasteiger partial charge is 0.343 e. The molecule has 0 saturated carbocycles. The van der Waals surface area contributed by atoms with Gasteiger partial charge in [0, 0.05) is 6.54 Å². The summed E-state index contributed by atoms with van der Waals surface area (Å²) < 4.78 is 0. The van der Waals surface area contributed by atoms with Crippen LogP contribution in [0.1, 0.15) is 32.8 Å². The molecular formula is C14H20N2O2S. The van der Waals surface area contributed by atoms with E-state index in [1.165, 1.54) is 0 Å². The van der Waals surface area contributed by atoms with Crippen molar-refractivity contribution >= 4 is 23.2 Å². The Hall–Kier alpha value is -1.36. The number of hydrogen-bond acceptors (Lipinski definition) is 3. The van der Waals surface area contributed by atoms with Gasteiger partial charge in [-0.2, -0.15) is 11.3 Å². The topological polar surface area (TPSA) is 49.4 Å². The van der Waals surface area contributed by atoms with Crippen molar-refractivity contribution in [2.75, 3.05) is 0 Å². The van der Waals surface area contributed by atoms with Gasteiger partial charge in [0.2, 0.25) is 11.8 Å². The molecule has 1 saturated heterocycles. The second-order valence-electron chi connectivity index (χ2n) is 5.16. The number of amides is 2. The average molecular weight is 280 g/mol. The molecule has 19 heavy (non-hydrogen) atoms. The van der Waals surface area contributed by atoms with Gasteiger partial charge in [-0.3, -0.25) is 9.59 Å². The Morgan fingerprint density at radius 3 is 2.79 bits per heavy atom. The summed E-state index contributed by atoms with van der Waals surface area (Å²) in [7, 11) is 0. The molecule has 0 spiro atoms. The Labute approximate surface area is 117 Å². The fraction of sp³-hybridized carbons (Fsp3) is 0.571. The molecule has 1 aliphatic rings. The summed E-state index contributed by atoms with van der Waals surface area (Å²) in [6, 6.07) is 1.23. The normalized spacial score (nSPS) is 25.3. The lowest BCUT2D eigenvalue weighted by Crippen LogP contribution is -2.63. The standard InChI is InChI=1S/C14H20N2O2S/c1-4-9(2)12-13(17)15-10(3)14(18)16(12)7-11-5-6-19-8-11/h5-6,8-10,12H,4,7H2,1-3H3,(H,15,17). The van der Waals surface area contributed by atoms with E-state index in [0.29, 0.717) is 6.54 Å². The van der Waals surface area contributed by atoms with Crippen LogP contribution in [0.5, 0.6) is 0 Å². The van der Waals surface area contributed by atoms with Gasteiger partial charge in [0.25, 0.3) is 0 Å². The minimum Gasteiger partial charge on any atom is -0.343 e. The number of thiophene rings is 1. The number of carbonyl (C=O) groups excluding carboxylic acids is 2. The first-order chi connectivity index (χ1) is 9.04. The van der Waals surface area contributed by atoms with Crippen LogP contribution in [-0.2, 0) is 16.1 Å². The third-order valence-electron chi connectivity index (χ3n) is 3.73. The van der Waals surface area contributed by atoms with Crippen molar-refractivity contribution in [2.45, 2.75) is 45.8 Å². The molecule has 2 heterocycles. The Kier molecular flexibility index (Phi) is 4.24. The highest BCUT2D eigenvalue weighted by atomic mass is 32.1. The predicted octanol–water partition coefficient (Wildman–Crippen LogP) is 2.01. The molecule has 1 fully saturated rings. The van der Waals surface area contributed by atoms with E-state index in [-0.39, 0.29) is 23.8 Å². The second kappa shape index (κ2) is 5.74. The molecule has 1 aliphatic heterocycles. The van der Waals surface area contributed by atoms with Gasteiger partial charge in [-0.15, -0.1) is 0 Å². The summed E-state index contributed by atoms with van der Waals surface area (Å²) in [5.41, 5.74) is 1.09. The molecule has 1 aromatic rings. The summed E-state index contributed by atoms with van der Waals surface area (Å²) in [5, 5.41) is 6.79. The fourth-order valence-corrected chi connectivity index (χ4v) is 3.09. The number of nitrogens with zero attached hydrogens (tertiary/aromatic N) is 1. The van der Waals surface area contributed by atoms with Gasteiger partial charge in [0.1, 0.15) is 12.1 Å². The first kappa shape index (κ1) is 14.1. The highest BCUT2D eigenvalue weighted by Crippen LogP contribution is 2.23. The van der Waals surface area contributed by atoms with Gasteiger partial charge in [0.05, 0.1) is 0 Å². The molecule has 104 valence electrons. The molecule has 0 radical (unpaired) electrons. The highest BCUT2D eigenvalue weighted by Gasteiger charge is 2.40. The molecule has 0 aliphatic carbocycles. The van der Waals surface area contributed by atoms with Crippen molar-refractivity contribution in [2.24, 2.45) is 5.92 Å². The van der Waals surface area contributed by atoms with Crippen molar-refractivity contribution in [3.05, 3.63) is 22.4 Å². The van der Waals surface area contributed by atoms with Crippen LogP contribution in [-0.4, -0.2) is 28.8 Å². The first-order valence-electron chi connectivity index (χ1n) is 6.66. The lowest BCUT2D eigenvalue weighted by atomic mass is 9.93. The van der Waals surface area contributed by atoms with E-state index in [4.69, 9.17) is 0 Å². The zero-order valence-corrected chi connectivity index (χ0v) is 12.4. The molecular weight excluding hydrogens is 260 g/mol. The zero-order chi connectivity index (χ0) is 14.0. The summed E-state index contributed by atoms with van der Waals surface area (Å²) in [6.45, 7) is 6.33. The average Bonchev–Trinajstić information content (AvgIpc) is 2.88. The van der Waals surface area contributed by atoms with E-state index in [9.17, 15) is 9.59 Å². The van der Waals surface area contributed by atoms with Crippen molar-refractivity contribution in [1.82, 2.24) is 10.2 Å². The molecule has 4 nitrogen and oxygen atoms in total. The number of hydrogen-bond donors (Lipinski definition) is 1. The maximum absolute atomic E-state index is 12.3. The minimum absolute atomic E-state index is 0.0103. The summed E-state index contributed by atoms with van der Waals surface area (Å²) in [4.78, 5) is 26.3. The van der Waals surface area contributed by atoms with Gasteiger partial charge in [-0.25, -0.2) is 0 Å². The molecule has 0 aromatic carbocycles. The van der Waals surface area contributed by atoms with Crippen LogP contribution in [0.4, 0.5) is 0 Å². The van der Waals surface area contributed by atoms with Crippen LogP contribution in [0, 0.1) is 5.92 Å². The molecule has 0 bridgehead atoms. The van der Waals surface area contributed by atoms with E-state index in [0.717, 1.165) is 12.0 Å². The van der Waals surface area contributed by atoms with E-state index in [1.807, 2.05) is 30.7 Å². The quantitative estimate of drug-likeness (QED) is 0.917. The Bertz CT molecular complexity index is 458. The van der Waals surface area contributed by atoms with Gasteiger partial charge in [-0.1, -0.05) is 20.3 Å². The molecule has 3 unspecified atom stereocenters. The smallest absolute Gasteiger partial charge is 0.245 e. The lowest BCUT2D eigenvalue weighted by Gasteiger charge is -2.40. The Balaban J connectivity index is 2.25. The third kappa shape index (κ3) is 2.81. The van der Waals surface area contributed by atoms with Crippen LogP contribution in [0.15, 0.2) is 16.8 Å². The Morgan fingerprint density at radius 2 is 2.21 bits per heavy atom. The number of carbonyl (C=O) groups is 2. The van der Waals surface area contributed by atoms with Crippen molar-refractivity contribution in [3.8, 4) is 0 Å². The van der Waals surface area contributed by atoms with Gasteiger partial charge in [-0.05, 0) is 35.2 Å². The van der Waals surface area contributed by atoms with Crippen LogP contribution >= 0.6 is 11.3 Å². The second-order valence-corrected chi connectivity index (χ2v) is 5.94. The number of piperazine rings is 1. The molecule has 1 N–H and O–H groups in total. The first-order valence-corrected chi connectivity index (χ1v) is 7.60. The number of rotatable bonds is 4. The zero-order valence-electron chi connectivity index (χ0n) is 11.6. The SMILES string of the molecule is CCC(C)C1C(=O)NC(C)C(=O)N1Cc1ccsc1. The lowest BCUT2D eigenvalue weighted by molar-refractivity contribution is -0.151. The maximum Gasteiger partial charge on any atom is 0.245 e. The molecule has 3 atom stereocenters. The fourth-order valence-electron chi connectivity index (χ4n) is 2.43.